The second kappa shape index (κ2) is 11.9. The number of amides is 1. The summed E-state index contributed by atoms with van der Waals surface area (Å²) in [6.45, 7) is 0.469. The van der Waals surface area contributed by atoms with Gasteiger partial charge < -0.3 is 19.5 Å². The molecule has 8 heteroatoms. The molecule has 5 rings (SSSR count). The van der Waals surface area contributed by atoms with Crippen molar-refractivity contribution in [1.82, 2.24) is 10.3 Å². The lowest BCUT2D eigenvalue weighted by atomic mass is 9.96. The third kappa shape index (κ3) is 6.98. The van der Waals surface area contributed by atoms with Gasteiger partial charge in [0.1, 0.15) is 23.2 Å². The van der Waals surface area contributed by atoms with Crippen molar-refractivity contribution in [1.29, 1.82) is 0 Å². The van der Waals surface area contributed by atoms with Crippen molar-refractivity contribution in [3.63, 3.8) is 0 Å². The number of methoxy groups -OCH3 is 1. The van der Waals surface area contributed by atoms with Crippen LogP contribution < -0.4 is 5.32 Å². The molecule has 4 aromatic rings. The first-order valence-electron chi connectivity index (χ1n) is 10.5. The Morgan fingerprint density at radius 1 is 1.09 bits per heavy atom. The smallest absolute Gasteiger partial charge is 0.207 e. The fraction of sp³-hybridized carbons (Fsp3) is 0.240. The number of benzene rings is 2. The Morgan fingerprint density at radius 3 is 2.39 bits per heavy atom. The molecule has 33 heavy (non-hydrogen) atoms. The topological polar surface area (TPSA) is 67.3 Å². The molecule has 2 aromatic heterocycles. The van der Waals surface area contributed by atoms with Crippen LogP contribution in [0.2, 0.25) is 0 Å². The lowest BCUT2D eigenvalue weighted by molar-refractivity contribution is -0.109. The van der Waals surface area contributed by atoms with Crippen molar-refractivity contribution in [2.45, 2.75) is 31.9 Å². The number of aromatic amines is 1. The molecule has 1 saturated carbocycles. The second-order valence-corrected chi connectivity index (χ2v) is 7.41. The first kappa shape index (κ1) is 24.1. The Hall–Kier alpha value is -3.52. The first-order valence-corrected chi connectivity index (χ1v) is 10.5. The first-order chi connectivity index (χ1) is 16.0. The van der Waals surface area contributed by atoms with E-state index in [1.807, 2.05) is 0 Å². The maximum Gasteiger partial charge on any atom is 0.207 e. The van der Waals surface area contributed by atoms with Gasteiger partial charge in [-0.2, -0.15) is 0 Å². The Kier molecular flexibility index (Phi) is 8.71. The molecule has 2 aromatic carbocycles. The number of hydrogen-bond acceptors (Lipinski definition) is 3. The van der Waals surface area contributed by atoms with Crippen molar-refractivity contribution in [2.75, 3.05) is 7.11 Å². The molecule has 2 N–H and O–H groups in total. The Bertz CT molecular complexity index is 1140. The van der Waals surface area contributed by atoms with E-state index in [0.717, 1.165) is 11.8 Å². The van der Waals surface area contributed by atoms with Crippen molar-refractivity contribution in [3.05, 3.63) is 84.1 Å². The van der Waals surface area contributed by atoms with Crippen LogP contribution in [0.25, 0.3) is 22.2 Å². The Labute approximate surface area is 189 Å². The normalized spacial score (nSPS) is 12.7. The van der Waals surface area contributed by atoms with Gasteiger partial charge in [-0.05, 0) is 73.4 Å². The second-order valence-electron chi connectivity index (χ2n) is 7.41. The molecular weight excluding hydrogens is 433 g/mol. The zero-order valence-corrected chi connectivity index (χ0v) is 18.1. The van der Waals surface area contributed by atoms with Gasteiger partial charge in [0, 0.05) is 24.3 Å². The van der Waals surface area contributed by atoms with Crippen molar-refractivity contribution in [2.24, 2.45) is 0 Å². The molecule has 0 aliphatic heterocycles. The summed E-state index contributed by atoms with van der Waals surface area (Å²) in [4.78, 5) is 12.6. The number of H-pyrrole nitrogens is 1. The van der Waals surface area contributed by atoms with Crippen molar-refractivity contribution >= 4 is 17.3 Å². The average Bonchev–Trinajstić information content (AvgIpc) is 3.43. The molecule has 0 radical (unpaired) electrons. The van der Waals surface area contributed by atoms with E-state index in [2.05, 4.69) is 10.3 Å². The lowest BCUT2D eigenvalue weighted by Gasteiger charge is -2.22. The minimum atomic E-state index is -0.640. The van der Waals surface area contributed by atoms with E-state index < -0.39 is 11.6 Å². The fourth-order valence-corrected chi connectivity index (χ4v) is 3.11. The number of nitrogens with one attached hydrogen (secondary N) is 2. The number of carbonyl (C=O) groups excluding carboxylic acids is 1. The van der Waals surface area contributed by atoms with E-state index in [-0.39, 0.29) is 11.3 Å². The van der Waals surface area contributed by atoms with Gasteiger partial charge in [0.05, 0.1) is 24.4 Å². The van der Waals surface area contributed by atoms with Crippen LogP contribution >= 0.6 is 0 Å². The van der Waals surface area contributed by atoms with E-state index in [9.17, 15) is 18.0 Å². The summed E-state index contributed by atoms with van der Waals surface area (Å²) < 4.78 is 49.3. The molecule has 1 aliphatic rings. The highest BCUT2D eigenvalue weighted by atomic mass is 19.1. The molecule has 0 saturated heterocycles. The van der Waals surface area contributed by atoms with Gasteiger partial charge in [-0.3, -0.25) is 4.79 Å². The summed E-state index contributed by atoms with van der Waals surface area (Å²) in [6, 6.07) is 13.1. The summed E-state index contributed by atoms with van der Waals surface area (Å²) in [5, 5.41) is 2.93. The summed E-state index contributed by atoms with van der Waals surface area (Å²) in [5.41, 5.74) is 1.58. The SMILES string of the molecule is COC1CCC1.Fc1ccc(-c2cc3cc(F)cc(F)c3[nH]2)cc1.O=CNCc1ccco1. The van der Waals surface area contributed by atoms with Gasteiger partial charge in [0.15, 0.2) is 0 Å². The molecule has 0 spiro atoms. The number of rotatable bonds is 5. The Balaban J connectivity index is 0.000000169. The van der Waals surface area contributed by atoms with E-state index in [1.54, 1.807) is 43.7 Å². The molecule has 5 nitrogen and oxygen atoms in total. The van der Waals surface area contributed by atoms with Gasteiger partial charge in [-0.15, -0.1) is 0 Å². The van der Waals surface area contributed by atoms with Crippen LogP contribution in [0.1, 0.15) is 25.0 Å². The molecule has 174 valence electrons. The number of ether oxygens (including phenoxy) is 1. The molecular formula is C25H25F3N2O3. The number of halogens is 3. The monoisotopic (exact) mass is 458 g/mol. The minimum absolute atomic E-state index is 0.246. The van der Waals surface area contributed by atoms with Gasteiger partial charge in [-0.1, -0.05) is 0 Å². The highest BCUT2D eigenvalue weighted by Crippen LogP contribution is 2.26. The number of fused-ring (bicyclic) bond motifs is 1. The van der Waals surface area contributed by atoms with Crippen LogP contribution in [0, 0.1) is 17.5 Å². The van der Waals surface area contributed by atoms with Crippen molar-refractivity contribution < 1.29 is 27.1 Å². The predicted molar refractivity (Wildman–Crippen MR) is 120 cm³/mol. The average molecular weight is 458 g/mol. The molecule has 0 unspecified atom stereocenters. The quantitative estimate of drug-likeness (QED) is 0.363. The van der Waals surface area contributed by atoms with Gasteiger partial charge >= 0.3 is 0 Å². The highest BCUT2D eigenvalue weighted by molar-refractivity contribution is 5.86. The highest BCUT2D eigenvalue weighted by Gasteiger charge is 2.14. The minimum Gasteiger partial charge on any atom is -0.467 e. The number of hydrogen-bond donors (Lipinski definition) is 2. The zero-order valence-electron chi connectivity index (χ0n) is 18.1. The Morgan fingerprint density at radius 2 is 1.85 bits per heavy atom. The molecule has 2 heterocycles. The number of furan rings is 1. The number of aromatic nitrogens is 1. The summed E-state index contributed by atoms with van der Waals surface area (Å²) >= 11 is 0. The fourth-order valence-electron chi connectivity index (χ4n) is 3.11. The van der Waals surface area contributed by atoms with Crippen LogP contribution in [-0.4, -0.2) is 24.6 Å². The van der Waals surface area contributed by atoms with Crippen molar-refractivity contribution in [3.8, 4) is 11.3 Å². The zero-order chi connectivity index (χ0) is 23.6. The van der Waals surface area contributed by atoms with E-state index in [1.165, 1.54) is 37.5 Å². The third-order valence-electron chi connectivity index (χ3n) is 5.13. The maximum atomic E-state index is 13.5. The molecule has 0 atom stereocenters. The standard InChI is InChI=1S/C14H8F3N.C6H7NO2.C5H10O/c15-10-3-1-8(2-4-10)13-6-9-5-11(16)7-12(17)14(9)18-13;8-5-7-4-6-2-1-3-9-6;1-6-5-3-2-4-5/h1-7,18H;1-3,5H,4H2,(H,7,8);5H,2-4H2,1H3. The van der Waals surface area contributed by atoms with E-state index in [4.69, 9.17) is 9.15 Å². The molecule has 0 bridgehead atoms. The van der Waals surface area contributed by atoms with Crippen LogP contribution in [0.4, 0.5) is 13.2 Å². The van der Waals surface area contributed by atoms with Gasteiger partial charge in [-0.25, -0.2) is 13.2 Å². The molecule has 1 fully saturated rings. The number of carbonyl (C=O) groups is 1. The van der Waals surface area contributed by atoms with E-state index >= 15 is 0 Å². The van der Waals surface area contributed by atoms with Gasteiger partial charge in [0.25, 0.3) is 0 Å². The van der Waals surface area contributed by atoms with E-state index in [0.29, 0.717) is 35.7 Å². The summed E-state index contributed by atoms with van der Waals surface area (Å²) in [7, 11) is 1.78. The third-order valence-corrected chi connectivity index (χ3v) is 5.13. The largest absolute Gasteiger partial charge is 0.467 e. The van der Waals surface area contributed by atoms with Gasteiger partial charge in [0.2, 0.25) is 6.41 Å². The van der Waals surface area contributed by atoms with Crippen LogP contribution in [0.3, 0.4) is 0 Å². The maximum absolute atomic E-state index is 13.5. The summed E-state index contributed by atoms with van der Waals surface area (Å²) in [6.07, 6.45) is 6.78. The molecule has 1 amide bonds. The lowest BCUT2D eigenvalue weighted by Crippen LogP contribution is -2.18. The van der Waals surface area contributed by atoms with Crippen LogP contribution in [0.5, 0.6) is 0 Å². The summed E-state index contributed by atoms with van der Waals surface area (Å²) in [5.74, 6) is -0.836. The van der Waals surface area contributed by atoms with Crippen LogP contribution in [-0.2, 0) is 16.1 Å². The van der Waals surface area contributed by atoms with Crippen LogP contribution in [0.15, 0.2) is 65.3 Å². The molecule has 1 aliphatic carbocycles. The predicted octanol–water partition coefficient (Wildman–Crippen LogP) is 5.96.